The van der Waals surface area contributed by atoms with Gasteiger partial charge in [-0.1, -0.05) is 19.9 Å². The van der Waals surface area contributed by atoms with E-state index in [1.807, 2.05) is 0 Å². The molecule has 2 rings (SSSR count). The van der Waals surface area contributed by atoms with Gasteiger partial charge in [0.1, 0.15) is 0 Å². The molecule has 0 fully saturated rings. The van der Waals surface area contributed by atoms with Crippen molar-refractivity contribution in [3.05, 3.63) is 33.9 Å². The maximum atomic E-state index is 2.37. The lowest BCUT2D eigenvalue weighted by Crippen LogP contribution is -2.18. The lowest BCUT2D eigenvalue weighted by Gasteiger charge is -2.29. The molecule has 1 aromatic carbocycles. The van der Waals surface area contributed by atoms with Crippen LogP contribution in [0, 0.1) is 32.6 Å². The molecule has 0 bridgehead atoms. The van der Waals surface area contributed by atoms with Gasteiger partial charge in [-0.2, -0.15) is 0 Å². The van der Waals surface area contributed by atoms with Crippen LogP contribution in [0.1, 0.15) is 54.5 Å². The van der Waals surface area contributed by atoms with Crippen molar-refractivity contribution in [2.24, 2.45) is 11.8 Å². The molecule has 17 heavy (non-hydrogen) atoms. The van der Waals surface area contributed by atoms with Crippen LogP contribution in [0.2, 0.25) is 0 Å². The third kappa shape index (κ3) is 2.56. The van der Waals surface area contributed by atoms with Crippen molar-refractivity contribution in [1.82, 2.24) is 0 Å². The van der Waals surface area contributed by atoms with Gasteiger partial charge in [-0.25, -0.2) is 0 Å². The van der Waals surface area contributed by atoms with Crippen LogP contribution < -0.4 is 0 Å². The zero-order chi connectivity index (χ0) is 12.6. The molecule has 0 radical (unpaired) electrons. The summed E-state index contributed by atoms with van der Waals surface area (Å²) in [5.41, 5.74) is 7.89. The fourth-order valence-corrected chi connectivity index (χ4v) is 3.45. The van der Waals surface area contributed by atoms with Gasteiger partial charge in [0.2, 0.25) is 0 Å². The monoisotopic (exact) mass is 230 g/mol. The van der Waals surface area contributed by atoms with Gasteiger partial charge in [-0.05, 0) is 86.1 Å². The Labute approximate surface area is 106 Å². The van der Waals surface area contributed by atoms with E-state index in [4.69, 9.17) is 0 Å². The van der Waals surface area contributed by atoms with E-state index >= 15 is 0 Å². The van der Waals surface area contributed by atoms with Gasteiger partial charge in [0, 0.05) is 0 Å². The molecular formula is C17H26. The Morgan fingerprint density at radius 2 is 1.82 bits per heavy atom. The molecule has 0 N–H and O–H groups in total. The second-order valence-electron chi connectivity index (χ2n) is 6.33. The van der Waals surface area contributed by atoms with E-state index in [9.17, 15) is 0 Å². The van der Waals surface area contributed by atoms with Crippen LogP contribution in [0.4, 0.5) is 0 Å². The highest BCUT2D eigenvalue weighted by Crippen LogP contribution is 2.34. The topological polar surface area (TPSA) is 0 Å². The number of benzene rings is 1. The first-order valence-corrected chi connectivity index (χ1v) is 7.07. The van der Waals surface area contributed by atoms with Crippen molar-refractivity contribution in [3.8, 4) is 0 Å². The average Bonchev–Trinajstić information content (AvgIpc) is 2.25. The third-order valence-electron chi connectivity index (χ3n) is 4.42. The predicted molar refractivity (Wildman–Crippen MR) is 75.6 cm³/mol. The van der Waals surface area contributed by atoms with E-state index in [1.165, 1.54) is 36.8 Å². The SMILES string of the molecule is Cc1cc(C)c2c(c1C)C[C@H](CC(C)C)CC2. The average molecular weight is 230 g/mol. The molecule has 1 aromatic rings. The van der Waals surface area contributed by atoms with Gasteiger partial charge in [0.05, 0.1) is 0 Å². The van der Waals surface area contributed by atoms with Crippen molar-refractivity contribution in [2.45, 2.75) is 60.3 Å². The van der Waals surface area contributed by atoms with Crippen LogP contribution >= 0.6 is 0 Å². The normalized spacial score (nSPS) is 19.5. The number of hydrogen-bond donors (Lipinski definition) is 0. The molecule has 1 aliphatic rings. The van der Waals surface area contributed by atoms with Crippen LogP contribution in [0.5, 0.6) is 0 Å². The summed E-state index contributed by atoms with van der Waals surface area (Å²) in [5, 5.41) is 0. The van der Waals surface area contributed by atoms with E-state index in [-0.39, 0.29) is 0 Å². The minimum Gasteiger partial charge on any atom is -0.0628 e. The maximum absolute atomic E-state index is 2.37. The molecule has 0 amide bonds. The van der Waals surface area contributed by atoms with Crippen molar-refractivity contribution in [3.63, 3.8) is 0 Å². The van der Waals surface area contributed by atoms with Crippen molar-refractivity contribution in [2.75, 3.05) is 0 Å². The minimum absolute atomic E-state index is 0.841. The zero-order valence-corrected chi connectivity index (χ0v) is 12.1. The lowest BCUT2D eigenvalue weighted by molar-refractivity contribution is 0.368. The summed E-state index contributed by atoms with van der Waals surface area (Å²) in [7, 11) is 0. The van der Waals surface area contributed by atoms with Crippen molar-refractivity contribution in [1.29, 1.82) is 0 Å². The third-order valence-corrected chi connectivity index (χ3v) is 4.42. The first-order valence-electron chi connectivity index (χ1n) is 7.07. The van der Waals surface area contributed by atoms with Gasteiger partial charge < -0.3 is 0 Å². The summed E-state index contributed by atoms with van der Waals surface area (Å²) in [4.78, 5) is 0. The van der Waals surface area contributed by atoms with Gasteiger partial charge >= 0.3 is 0 Å². The van der Waals surface area contributed by atoms with E-state index in [2.05, 4.69) is 40.7 Å². The molecule has 0 heterocycles. The van der Waals surface area contributed by atoms with E-state index in [0.717, 1.165) is 11.8 Å². The molecule has 0 aliphatic heterocycles. The highest BCUT2D eigenvalue weighted by atomic mass is 14.3. The summed E-state index contributed by atoms with van der Waals surface area (Å²) < 4.78 is 0. The van der Waals surface area contributed by atoms with Crippen molar-refractivity contribution < 1.29 is 0 Å². The minimum atomic E-state index is 0.841. The second-order valence-corrected chi connectivity index (χ2v) is 6.33. The molecule has 94 valence electrons. The number of rotatable bonds is 2. The van der Waals surface area contributed by atoms with Gasteiger partial charge in [0.25, 0.3) is 0 Å². The highest BCUT2D eigenvalue weighted by Gasteiger charge is 2.22. The maximum Gasteiger partial charge on any atom is -0.0245 e. The molecule has 0 saturated carbocycles. The Morgan fingerprint density at radius 3 is 2.47 bits per heavy atom. The molecule has 0 nitrogen and oxygen atoms in total. The first kappa shape index (κ1) is 12.7. The summed E-state index contributed by atoms with van der Waals surface area (Å²) in [6.45, 7) is 11.6. The Balaban J connectivity index is 2.30. The van der Waals surface area contributed by atoms with Gasteiger partial charge in [0.15, 0.2) is 0 Å². The highest BCUT2D eigenvalue weighted by molar-refractivity contribution is 5.46. The molecule has 0 saturated heterocycles. The smallest absolute Gasteiger partial charge is 0.0245 e. The van der Waals surface area contributed by atoms with E-state index in [0.29, 0.717) is 0 Å². The predicted octanol–water partition coefficient (Wildman–Crippen LogP) is 4.76. The summed E-state index contributed by atoms with van der Waals surface area (Å²) >= 11 is 0. The van der Waals surface area contributed by atoms with Gasteiger partial charge in [-0.15, -0.1) is 0 Å². The second kappa shape index (κ2) is 4.84. The molecule has 0 unspecified atom stereocenters. The van der Waals surface area contributed by atoms with Crippen LogP contribution in [-0.4, -0.2) is 0 Å². The quantitative estimate of drug-likeness (QED) is 0.687. The standard InChI is InChI=1S/C17H26/c1-11(2)8-15-6-7-16-13(4)9-12(3)14(5)17(16)10-15/h9,11,15H,6-8,10H2,1-5H3/t15-/m0/s1. The number of aryl methyl sites for hydroxylation is 2. The molecule has 0 spiro atoms. The summed E-state index contributed by atoms with van der Waals surface area (Å²) in [6, 6.07) is 2.37. The first-order chi connectivity index (χ1) is 7.99. The largest absolute Gasteiger partial charge is 0.0628 e. The summed E-state index contributed by atoms with van der Waals surface area (Å²) in [6.07, 6.45) is 5.42. The fourth-order valence-electron chi connectivity index (χ4n) is 3.45. The van der Waals surface area contributed by atoms with Crippen LogP contribution in [0.3, 0.4) is 0 Å². The molecular weight excluding hydrogens is 204 g/mol. The number of hydrogen-bond acceptors (Lipinski definition) is 0. The number of fused-ring (bicyclic) bond motifs is 1. The molecule has 1 aliphatic carbocycles. The van der Waals surface area contributed by atoms with Crippen LogP contribution in [0.25, 0.3) is 0 Å². The lowest BCUT2D eigenvalue weighted by atomic mass is 9.76. The van der Waals surface area contributed by atoms with Crippen LogP contribution in [0.15, 0.2) is 6.07 Å². The molecule has 0 aromatic heterocycles. The fraction of sp³-hybridized carbons (Fsp3) is 0.647. The van der Waals surface area contributed by atoms with E-state index < -0.39 is 0 Å². The van der Waals surface area contributed by atoms with Gasteiger partial charge in [-0.3, -0.25) is 0 Å². The molecule has 0 heteroatoms. The summed E-state index contributed by atoms with van der Waals surface area (Å²) in [5.74, 6) is 1.76. The van der Waals surface area contributed by atoms with Crippen molar-refractivity contribution >= 4 is 0 Å². The Kier molecular flexibility index (Phi) is 3.61. The molecule has 1 atom stereocenters. The Morgan fingerprint density at radius 1 is 1.12 bits per heavy atom. The van der Waals surface area contributed by atoms with E-state index in [1.54, 1.807) is 16.7 Å². The van der Waals surface area contributed by atoms with Crippen LogP contribution in [-0.2, 0) is 12.8 Å². The Hall–Kier alpha value is -0.780. The zero-order valence-electron chi connectivity index (χ0n) is 12.1. The Bertz CT molecular complexity index is 413.